The second-order valence-electron chi connectivity index (χ2n) is 17.9. The lowest BCUT2D eigenvalue weighted by molar-refractivity contribution is 1.05. The van der Waals surface area contributed by atoms with Gasteiger partial charge in [-0.1, -0.05) is 194 Å². The summed E-state index contributed by atoms with van der Waals surface area (Å²) in [6.45, 7) is 0. The van der Waals surface area contributed by atoms with E-state index in [0.717, 1.165) is 46.7 Å². The maximum Gasteiger partial charge on any atom is 0.0547 e. The average molecular weight is 867 g/mol. The van der Waals surface area contributed by atoms with Crippen molar-refractivity contribution in [2.45, 2.75) is 12.8 Å². The number of hydrogen-bond acceptors (Lipinski definition) is 1. The number of benzene rings is 11. The molecule has 0 saturated heterocycles. The van der Waals surface area contributed by atoms with Crippen molar-refractivity contribution in [3.8, 4) is 39.1 Å². The summed E-state index contributed by atoms with van der Waals surface area (Å²) < 4.78 is 2.42. The third kappa shape index (κ3) is 6.72. The molecular weight excluding hydrogens is 821 g/mol. The molecule has 68 heavy (non-hydrogen) atoms. The van der Waals surface area contributed by atoms with Gasteiger partial charge in [0, 0.05) is 33.3 Å². The summed E-state index contributed by atoms with van der Waals surface area (Å²) in [5, 5.41) is 10.2. The highest BCUT2D eigenvalue weighted by Gasteiger charge is 2.23. The molecule has 0 fully saturated rings. The number of fused-ring (bicyclic) bond motifs is 8. The molecule has 0 N–H and O–H groups in total. The Balaban J connectivity index is 0.981. The molecule has 0 atom stereocenters. The largest absolute Gasteiger partial charge is 0.309 e. The number of hydrogen-bond donors (Lipinski definition) is 0. The smallest absolute Gasteiger partial charge is 0.0547 e. The van der Waals surface area contributed by atoms with Gasteiger partial charge in [-0.15, -0.1) is 0 Å². The Labute approximate surface area is 396 Å². The molecule has 1 aromatic heterocycles. The van der Waals surface area contributed by atoms with Gasteiger partial charge in [0.1, 0.15) is 0 Å². The van der Waals surface area contributed by atoms with Crippen LogP contribution in [0.5, 0.6) is 0 Å². The Kier molecular flexibility index (Phi) is 9.68. The molecule has 0 saturated carbocycles. The van der Waals surface area contributed by atoms with Gasteiger partial charge in [-0.2, -0.15) is 0 Å². The number of rotatable bonds is 8. The molecule has 0 aliphatic heterocycles. The van der Waals surface area contributed by atoms with E-state index in [4.69, 9.17) is 0 Å². The first-order chi connectivity index (χ1) is 33.7. The van der Waals surface area contributed by atoms with E-state index in [1.807, 2.05) is 0 Å². The van der Waals surface area contributed by atoms with Gasteiger partial charge in [0.2, 0.25) is 0 Å². The molecule has 1 aliphatic rings. The van der Waals surface area contributed by atoms with Gasteiger partial charge in [0.25, 0.3) is 0 Å². The lowest BCUT2D eigenvalue weighted by atomic mass is 9.91. The number of anilines is 3. The van der Waals surface area contributed by atoms with Gasteiger partial charge in [-0.25, -0.2) is 0 Å². The third-order valence-corrected chi connectivity index (χ3v) is 14.1. The van der Waals surface area contributed by atoms with E-state index in [-0.39, 0.29) is 0 Å². The standard InChI is InChI=1S/C66H46N2/c1-3-17-45(18-4-1)50-36-41-64(61(43-50)46-19-5-2-6-20-46)67(52-39-33-49(34-40-52)60-44-51-22-8-9-23-54(51)57-26-11-12-27-58(57)60)62-29-15-13-24-55(62)48-31-37-53(38-32-48)68-63-30-16-14-28-59(63)66-56-25-10-7-21-47(56)35-42-65(66)68/h1-5,7-19,21-44H,6,20H2. The van der Waals surface area contributed by atoms with E-state index in [0.29, 0.717) is 0 Å². The Bertz CT molecular complexity index is 3950. The van der Waals surface area contributed by atoms with Gasteiger partial charge in [-0.3, -0.25) is 0 Å². The second-order valence-corrected chi connectivity index (χ2v) is 17.9. The van der Waals surface area contributed by atoms with E-state index >= 15 is 0 Å². The molecule has 320 valence electrons. The molecule has 1 heterocycles. The van der Waals surface area contributed by atoms with Crippen LogP contribution < -0.4 is 4.90 Å². The molecule has 2 nitrogen and oxygen atoms in total. The van der Waals surface area contributed by atoms with Crippen molar-refractivity contribution in [2.24, 2.45) is 0 Å². The summed E-state index contributed by atoms with van der Waals surface area (Å²) in [6, 6.07) is 87.1. The molecule has 2 heteroatoms. The van der Waals surface area contributed by atoms with Crippen LogP contribution in [0.3, 0.4) is 0 Å². The summed E-state index contributed by atoms with van der Waals surface area (Å²) in [6.07, 6.45) is 8.80. The lowest BCUT2D eigenvalue weighted by Crippen LogP contribution is -2.13. The predicted molar refractivity (Wildman–Crippen MR) is 291 cm³/mol. The van der Waals surface area contributed by atoms with Crippen molar-refractivity contribution < 1.29 is 0 Å². The first kappa shape index (κ1) is 39.6. The fraction of sp³-hybridized carbons (Fsp3) is 0.0303. The van der Waals surface area contributed by atoms with Crippen LogP contribution in [0.1, 0.15) is 18.4 Å². The minimum atomic E-state index is 0.977. The molecule has 0 amide bonds. The highest BCUT2D eigenvalue weighted by atomic mass is 15.1. The van der Waals surface area contributed by atoms with E-state index < -0.39 is 0 Å². The second kappa shape index (κ2) is 16.6. The van der Waals surface area contributed by atoms with Crippen LogP contribution in [0.15, 0.2) is 255 Å². The summed E-state index contributed by atoms with van der Waals surface area (Å²) >= 11 is 0. The quantitative estimate of drug-likeness (QED) is 0.138. The molecule has 11 aromatic carbocycles. The van der Waals surface area contributed by atoms with Crippen LogP contribution in [0.25, 0.3) is 98.8 Å². The Morgan fingerprint density at radius 3 is 1.81 bits per heavy atom. The van der Waals surface area contributed by atoms with E-state index in [1.54, 1.807) is 0 Å². The molecule has 0 bridgehead atoms. The fourth-order valence-corrected chi connectivity index (χ4v) is 10.8. The summed E-state index contributed by atoms with van der Waals surface area (Å²) in [4.78, 5) is 2.49. The summed E-state index contributed by atoms with van der Waals surface area (Å²) in [7, 11) is 0. The lowest BCUT2D eigenvalue weighted by Gasteiger charge is -2.31. The van der Waals surface area contributed by atoms with Crippen LogP contribution in [-0.2, 0) is 0 Å². The van der Waals surface area contributed by atoms with Crippen LogP contribution in [0, 0.1) is 0 Å². The SMILES string of the molecule is C1=CCCC(c2cc(-c3ccccc3)ccc2N(c2ccc(-c3cc4ccccc4c4ccccc34)cc2)c2ccccc2-c2ccc(-n3c4ccccc4c4c5ccccc5ccc43)cc2)=C1. The zero-order valence-corrected chi connectivity index (χ0v) is 37.6. The molecule has 13 rings (SSSR count). The maximum atomic E-state index is 2.49. The summed E-state index contributed by atoms with van der Waals surface area (Å²) in [5.41, 5.74) is 16.7. The van der Waals surface area contributed by atoms with Gasteiger partial charge >= 0.3 is 0 Å². The number of allylic oxidation sites excluding steroid dienone is 4. The minimum absolute atomic E-state index is 0.977. The minimum Gasteiger partial charge on any atom is -0.309 e. The third-order valence-electron chi connectivity index (χ3n) is 14.1. The van der Waals surface area contributed by atoms with Crippen LogP contribution in [0.2, 0.25) is 0 Å². The average Bonchev–Trinajstić information content (AvgIpc) is 3.77. The van der Waals surface area contributed by atoms with Gasteiger partial charge in [0.05, 0.1) is 22.4 Å². The van der Waals surface area contributed by atoms with Gasteiger partial charge in [0.15, 0.2) is 0 Å². The normalized spacial score (nSPS) is 12.6. The van der Waals surface area contributed by atoms with Crippen LogP contribution in [0.4, 0.5) is 17.1 Å². The van der Waals surface area contributed by atoms with Crippen LogP contribution in [-0.4, -0.2) is 4.57 Å². The van der Waals surface area contributed by atoms with Crippen molar-refractivity contribution in [1.82, 2.24) is 4.57 Å². The van der Waals surface area contributed by atoms with E-state index in [9.17, 15) is 0 Å². The molecule has 0 unspecified atom stereocenters. The van der Waals surface area contributed by atoms with Crippen molar-refractivity contribution in [3.05, 3.63) is 260 Å². The molecule has 0 spiro atoms. The first-order valence-corrected chi connectivity index (χ1v) is 23.7. The number of aromatic nitrogens is 1. The highest BCUT2D eigenvalue weighted by Crippen LogP contribution is 2.47. The zero-order chi connectivity index (χ0) is 45.0. The highest BCUT2D eigenvalue weighted by molar-refractivity contribution is 6.21. The molecule has 12 aromatic rings. The van der Waals surface area contributed by atoms with Crippen molar-refractivity contribution >= 4 is 76.8 Å². The molecule has 1 aliphatic carbocycles. The molecular formula is C66H46N2. The van der Waals surface area contributed by atoms with Gasteiger partial charge in [-0.05, 0) is 139 Å². The Morgan fingerprint density at radius 2 is 1.00 bits per heavy atom. The van der Waals surface area contributed by atoms with E-state index in [2.05, 4.69) is 264 Å². The molecule has 0 radical (unpaired) electrons. The van der Waals surface area contributed by atoms with Crippen molar-refractivity contribution in [3.63, 3.8) is 0 Å². The van der Waals surface area contributed by atoms with Crippen LogP contribution >= 0.6 is 0 Å². The topological polar surface area (TPSA) is 8.17 Å². The van der Waals surface area contributed by atoms with Crippen molar-refractivity contribution in [2.75, 3.05) is 4.90 Å². The van der Waals surface area contributed by atoms with Gasteiger partial charge < -0.3 is 9.47 Å². The zero-order valence-electron chi connectivity index (χ0n) is 37.6. The van der Waals surface area contributed by atoms with Crippen molar-refractivity contribution in [1.29, 1.82) is 0 Å². The monoisotopic (exact) mass is 866 g/mol. The summed E-state index contributed by atoms with van der Waals surface area (Å²) in [5.74, 6) is 0. The fourth-order valence-electron chi connectivity index (χ4n) is 10.8. The predicted octanol–water partition coefficient (Wildman–Crippen LogP) is 18.4. The maximum absolute atomic E-state index is 2.49. The Hall–Kier alpha value is -8.72. The van der Waals surface area contributed by atoms with E-state index in [1.165, 1.54) is 87.5 Å². The number of para-hydroxylation sites is 2. The Morgan fingerprint density at radius 1 is 0.368 bits per heavy atom. The first-order valence-electron chi connectivity index (χ1n) is 23.7. The number of nitrogens with zero attached hydrogens (tertiary/aromatic N) is 2.